The van der Waals surface area contributed by atoms with Crippen LogP contribution in [-0.4, -0.2) is 27.8 Å². The Morgan fingerprint density at radius 1 is 1.47 bits per heavy atom. The molecule has 1 atom stereocenters. The SMILES string of the molecule is CCOC(=O)C(c1n[nH]c(=O)[nH]1)c1ccccc1Br. The third-order valence-electron chi connectivity index (χ3n) is 2.53. The van der Waals surface area contributed by atoms with Crippen molar-refractivity contribution in [3.63, 3.8) is 0 Å². The quantitative estimate of drug-likeness (QED) is 0.835. The van der Waals surface area contributed by atoms with Crippen LogP contribution in [0.5, 0.6) is 0 Å². The molecule has 2 aromatic rings. The lowest BCUT2D eigenvalue weighted by Crippen LogP contribution is -2.19. The number of aromatic nitrogens is 3. The van der Waals surface area contributed by atoms with E-state index in [0.29, 0.717) is 5.56 Å². The van der Waals surface area contributed by atoms with Crippen LogP contribution in [0, 0.1) is 0 Å². The van der Waals surface area contributed by atoms with Crippen LogP contribution < -0.4 is 5.69 Å². The Morgan fingerprint density at radius 3 is 2.79 bits per heavy atom. The first-order valence-electron chi connectivity index (χ1n) is 5.69. The number of esters is 1. The molecular weight excluding hydrogens is 314 g/mol. The van der Waals surface area contributed by atoms with Gasteiger partial charge in [-0.1, -0.05) is 34.1 Å². The Labute approximate surface area is 117 Å². The van der Waals surface area contributed by atoms with Gasteiger partial charge in [-0.25, -0.2) is 9.89 Å². The van der Waals surface area contributed by atoms with E-state index in [1.54, 1.807) is 19.1 Å². The average molecular weight is 326 g/mol. The lowest BCUT2D eigenvalue weighted by Gasteiger charge is -2.14. The maximum absolute atomic E-state index is 12.1. The van der Waals surface area contributed by atoms with Crippen LogP contribution in [0.4, 0.5) is 0 Å². The summed E-state index contributed by atoms with van der Waals surface area (Å²) in [6.07, 6.45) is 0. The Bertz CT molecular complexity index is 635. The van der Waals surface area contributed by atoms with Crippen LogP contribution in [0.15, 0.2) is 33.5 Å². The molecule has 0 aliphatic rings. The Hall–Kier alpha value is -1.89. The van der Waals surface area contributed by atoms with Crippen molar-refractivity contribution in [2.45, 2.75) is 12.8 Å². The van der Waals surface area contributed by atoms with Gasteiger partial charge in [0.2, 0.25) is 0 Å². The molecule has 0 saturated carbocycles. The number of nitrogens with one attached hydrogen (secondary N) is 2. The summed E-state index contributed by atoms with van der Waals surface area (Å²) in [6, 6.07) is 7.23. The summed E-state index contributed by atoms with van der Waals surface area (Å²) < 4.78 is 5.79. The van der Waals surface area contributed by atoms with E-state index in [1.165, 1.54) is 0 Å². The van der Waals surface area contributed by atoms with Crippen LogP contribution in [0.25, 0.3) is 0 Å². The molecule has 6 nitrogen and oxygen atoms in total. The van der Waals surface area contributed by atoms with Crippen LogP contribution in [0.3, 0.4) is 0 Å². The summed E-state index contributed by atoms with van der Waals surface area (Å²) in [5.74, 6) is -0.998. The minimum Gasteiger partial charge on any atom is -0.465 e. The van der Waals surface area contributed by atoms with Gasteiger partial charge in [-0.15, -0.1) is 0 Å². The second-order valence-corrected chi connectivity index (χ2v) is 4.62. The molecule has 1 aromatic carbocycles. The second kappa shape index (κ2) is 5.83. The number of H-pyrrole nitrogens is 2. The number of rotatable bonds is 4. The summed E-state index contributed by atoms with van der Waals surface area (Å²) in [5.41, 5.74) is 0.222. The Morgan fingerprint density at radius 2 is 2.21 bits per heavy atom. The fraction of sp³-hybridized carbons (Fsp3) is 0.250. The molecule has 2 N–H and O–H groups in total. The van der Waals surface area contributed by atoms with Gasteiger partial charge in [-0.2, -0.15) is 5.10 Å². The van der Waals surface area contributed by atoms with Crippen molar-refractivity contribution in [1.82, 2.24) is 15.2 Å². The molecule has 0 amide bonds. The third-order valence-corrected chi connectivity index (χ3v) is 3.25. The number of carbonyl (C=O) groups is 1. The molecule has 1 heterocycles. The van der Waals surface area contributed by atoms with Gasteiger partial charge in [0, 0.05) is 4.47 Å². The lowest BCUT2D eigenvalue weighted by molar-refractivity contribution is -0.144. The zero-order chi connectivity index (χ0) is 13.8. The standard InChI is InChI=1S/C12H12BrN3O3/c1-2-19-11(17)9(10-14-12(18)16-15-10)7-5-3-4-6-8(7)13/h3-6,9H,2H2,1H3,(H2,14,15,16,18). The summed E-state index contributed by atoms with van der Waals surface area (Å²) in [6.45, 7) is 1.98. The molecule has 1 unspecified atom stereocenters. The minimum absolute atomic E-state index is 0.232. The number of carbonyl (C=O) groups excluding carboxylic acids is 1. The van der Waals surface area contributed by atoms with E-state index in [0.717, 1.165) is 4.47 Å². The topological polar surface area (TPSA) is 87.8 Å². The molecule has 0 aliphatic carbocycles. The lowest BCUT2D eigenvalue weighted by atomic mass is 9.98. The third kappa shape index (κ3) is 2.93. The van der Waals surface area contributed by atoms with Crippen molar-refractivity contribution in [3.8, 4) is 0 Å². The normalized spacial score (nSPS) is 12.1. The average Bonchev–Trinajstić information content (AvgIpc) is 2.79. The van der Waals surface area contributed by atoms with Crippen LogP contribution in [-0.2, 0) is 9.53 Å². The number of nitrogens with zero attached hydrogens (tertiary/aromatic N) is 1. The highest BCUT2D eigenvalue weighted by Gasteiger charge is 2.28. The number of ether oxygens (including phenoxy) is 1. The molecule has 2 rings (SSSR count). The highest BCUT2D eigenvalue weighted by molar-refractivity contribution is 9.10. The predicted molar refractivity (Wildman–Crippen MR) is 71.8 cm³/mol. The molecule has 0 fully saturated rings. The van der Waals surface area contributed by atoms with Crippen LogP contribution >= 0.6 is 15.9 Å². The van der Waals surface area contributed by atoms with Gasteiger partial charge in [-0.3, -0.25) is 9.78 Å². The first-order chi connectivity index (χ1) is 9.13. The minimum atomic E-state index is -0.769. The van der Waals surface area contributed by atoms with E-state index in [1.807, 2.05) is 12.1 Å². The van der Waals surface area contributed by atoms with E-state index < -0.39 is 17.6 Å². The number of halogens is 1. The van der Waals surface area contributed by atoms with Crippen molar-refractivity contribution >= 4 is 21.9 Å². The van der Waals surface area contributed by atoms with Gasteiger partial charge in [0.25, 0.3) is 0 Å². The van der Waals surface area contributed by atoms with Crippen molar-refractivity contribution in [2.75, 3.05) is 6.61 Å². The molecule has 0 spiro atoms. The first-order valence-corrected chi connectivity index (χ1v) is 6.48. The smallest absolute Gasteiger partial charge is 0.340 e. The summed E-state index contributed by atoms with van der Waals surface area (Å²) in [7, 11) is 0. The number of benzene rings is 1. The largest absolute Gasteiger partial charge is 0.465 e. The number of aromatic amines is 2. The van der Waals surface area contributed by atoms with E-state index in [2.05, 4.69) is 31.1 Å². The fourth-order valence-electron chi connectivity index (χ4n) is 1.74. The highest BCUT2D eigenvalue weighted by Crippen LogP contribution is 2.29. The molecule has 19 heavy (non-hydrogen) atoms. The van der Waals surface area contributed by atoms with Gasteiger partial charge in [0.15, 0.2) is 0 Å². The Balaban J connectivity index is 2.49. The van der Waals surface area contributed by atoms with Gasteiger partial charge >= 0.3 is 11.7 Å². The first kappa shape index (κ1) is 13.5. The molecule has 100 valence electrons. The van der Waals surface area contributed by atoms with Gasteiger partial charge in [0.1, 0.15) is 11.7 Å². The molecule has 0 bridgehead atoms. The molecule has 7 heteroatoms. The number of hydrogen-bond acceptors (Lipinski definition) is 4. The van der Waals surface area contributed by atoms with E-state index >= 15 is 0 Å². The fourth-order valence-corrected chi connectivity index (χ4v) is 2.25. The maximum atomic E-state index is 12.1. The summed E-state index contributed by atoms with van der Waals surface area (Å²) in [5, 5.41) is 6.07. The maximum Gasteiger partial charge on any atom is 0.340 e. The predicted octanol–water partition coefficient (Wildman–Crippen LogP) is 1.56. The second-order valence-electron chi connectivity index (χ2n) is 3.77. The van der Waals surface area contributed by atoms with Crippen LogP contribution in [0.1, 0.15) is 24.2 Å². The molecule has 1 aromatic heterocycles. The zero-order valence-corrected chi connectivity index (χ0v) is 11.7. The molecular formula is C12H12BrN3O3. The van der Waals surface area contributed by atoms with Crippen molar-refractivity contribution in [3.05, 3.63) is 50.6 Å². The van der Waals surface area contributed by atoms with E-state index in [-0.39, 0.29) is 12.4 Å². The van der Waals surface area contributed by atoms with Gasteiger partial charge < -0.3 is 4.74 Å². The summed E-state index contributed by atoms with van der Waals surface area (Å²) >= 11 is 3.38. The van der Waals surface area contributed by atoms with Crippen molar-refractivity contribution in [2.24, 2.45) is 0 Å². The van der Waals surface area contributed by atoms with Crippen LogP contribution in [0.2, 0.25) is 0 Å². The van der Waals surface area contributed by atoms with Crippen molar-refractivity contribution in [1.29, 1.82) is 0 Å². The van der Waals surface area contributed by atoms with Crippen molar-refractivity contribution < 1.29 is 9.53 Å². The zero-order valence-electron chi connectivity index (χ0n) is 10.1. The summed E-state index contributed by atoms with van der Waals surface area (Å²) in [4.78, 5) is 25.7. The molecule has 0 radical (unpaired) electrons. The van der Waals surface area contributed by atoms with E-state index in [9.17, 15) is 9.59 Å². The van der Waals surface area contributed by atoms with E-state index in [4.69, 9.17) is 4.74 Å². The monoisotopic (exact) mass is 325 g/mol. The molecule has 0 saturated heterocycles. The number of hydrogen-bond donors (Lipinski definition) is 2. The van der Waals surface area contributed by atoms with Gasteiger partial charge in [-0.05, 0) is 18.6 Å². The highest BCUT2D eigenvalue weighted by atomic mass is 79.9. The molecule has 0 aliphatic heterocycles. The van der Waals surface area contributed by atoms with Gasteiger partial charge in [0.05, 0.1) is 6.61 Å². The Kier molecular flexibility index (Phi) is 4.16.